The maximum Gasteiger partial charge on any atom is 0.311 e. The highest BCUT2D eigenvalue weighted by atomic mass is 79.9. The summed E-state index contributed by atoms with van der Waals surface area (Å²) >= 11 is 3.09. The maximum atomic E-state index is 12.9. The molecule has 1 heterocycles. The molecule has 1 aromatic heterocycles. The Morgan fingerprint density at radius 1 is 1.59 bits per heavy atom. The summed E-state index contributed by atoms with van der Waals surface area (Å²) < 4.78 is 30.8. The lowest BCUT2D eigenvalue weighted by Gasteiger charge is -2.11. The van der Waals surface area contributed by atoms with Crippen molar-refractivity contribution in [1.29, 1.82) is 0 Å². The summed E-state index contributed by atoms with van der Waals surface area (Å²) in [7, 11) is 0. The van der Waals surface area contributed by atoms with Crippen LogP contribution in [0.2, 0.25) is 0 Å². The molecular formula is C11H12BrF2NO2. The first-order valence-corrected chi connectivity index (χ1v) is 5.84. The molecule has 0 saturated carbocycles. The van der Waals surface area contributed by atoms with Gasteiger partial charge in [0.05, 0.1) is 24.3 Å². The van der Waals surface area contributed by atoms with E-state index >= 15 is 0 Å². The second-order valence-corrected chi connectivity index (χ2v) is 4.19. The van der Waals surface area contributed by atoms with E-state index in [9.17, 15) is 13.6 Å². The smallest absolute Gasteiger partial charge is 0.311 e. The quantitative estimate of drug-likeness (QED) is 0.802. The van der Waals surface area contributed by atoms with Gasteiger partial charge in [0.1, 0.15) is 0 Å². The standard InChI is InChI=1S/C11H12BrF2NO2/c1-3-17-8(16)4-7-9(11(13)14)10(12)6(2)5-15-7/h5,11H,3-4H2,1-2H3. The van der Waals surface area contributed by atoms with Crippen LogP contribution in [0.1, 0.15) is 30.2 Å². The first-order chi connectivity index (χ1) is 7.97. The molecule has 6 heteroatoms. The molecule has 0 bridgehead atoms. The highest BCUT2D eigenvalue weighted by molar-refractivity contribution is 9.10. The fourth-order valence-electron chi connectivity index (χ4n) is 1.35. The number of alkyl halides is 2. The Morgan fingerprint density at radius 3 is 2.76 bits per heavy atom. The molecule has 0 spiro atoms. The van der Waals surface area contributed by atoms with Crippen LogP contribution in [0.3, 0.4) is 0 Å². The van der Waals surface area contributed by atoms with Gasteiger partial charge in [-0.05, 0) is 35.3 Å². The molecule has 0 aliphatic carbocycles. The molecule has 0 aliphatic heterocycles. The number of halogens is 3. The van der Waals surface area contributed by atoms with E-state index in [0.29, 0.717) is 10.0 Å². The van der Waals surface area contributed by atoms with E-state index in [2.05, 4.69) is 20.9 Å². The Balaban J connectivity index is 3.07. The topological polar surface area (TPSA) is 39.2 Å². The molecule has 0 unspecified atom stereocenters. The van der Waals surface area contributed by atoms with Crippen LogP contribution < -0.4 is 0 Å². The van der Waals surface area contributed by atoms with Gasteiger partial charge in [-0.25, -0.2) is 8.78 Å². The molecule has 1 aromatic rings. The van der Waals surface area contributed by atoms with Crippen molar-refractivity contribution in [3.8, 4) is 0 Å². The molecule has 0 aromatic carbocycles. The van der Waals surface area contributed by atoms with E-state index in [1.54, 1.807) is 13.8 Å². The molecular weight excluding hydrogens is 296 g/mol. The Morgan fingerprint density at radius 2 is 2.24 bits per heavy atom. The van der Waals surface area contributed by atoms with Gasteiger partial charge in [0.15, 0.2) is 0 Å². The number of aryl methyl sites for hydroxylation is 1. The highest BCUT2D eigenvalue weighted by Crippen LogP contribution is 2.32. The monoisotopic (exact) mass is 307 g/mol. The summed E-state index contributed by atoms with van der Waals surface area (Å²) in [4.78, 5) is 15.1. The Hall–Kier alpha value is -1.04. The van der Waals surface area contributed by atoms with Crippen molar-refractivity contribution in [1.82, 2.24) is 4.98 Å². The zero-order chi connectivity index (χ0) is 13.0. The first-order valence-electron chi connectivity index (χ1n) is 5.05. The van der Waals surface area contributed by atoms with Crippen LogP contribution in [0.4, 0.5) is 8.78 Å². The Labute approximate surface area is 106 Å². The lowest BCUT2D eigenvalue weighted by molar-refractivity contribution is -0.142. The van der Waals surface area contributed by atoms with Crippen molar-refractivity contribution in [3.05, 3.63) is 27.5 Å². The van der Waals surface area contributed by atoms with Gasteiger partial charge in [-0.1, -0.05) is 0 Å². The largest absolute Gasteiger partial charge is 0.466 e. The summed E-state index contributed by atoms with van der Waals surface area (Å²) in [6, 6.07) is 0. The van der Waals surface area contributed by atoms with Gasteiger partial charge in [-0.2, -0.15) is 0 Å². The van der Waals surface area contributed by atoms with Crippen molar-refractivity contribution in [3.63, 3.8) is 0 Å². The number of ether oxygens (including phenoxy) is 1. The third-order valence-electron chi connectivity index (χ3n) is 2.14. The fourth-order valence-corrected chi connectivity index (χ4v) is 1.86. The van der Waals surface area contributed by atoms with Crippen LogP contribution in [-0.2, 0) is 16.0 Å². The fraction of sp³-hybridized carbons (Fsp3) is 0.455. The minimum absolute atomic E-state index is 0.0518. The lowest BCUT2D eigenvalue weighted by atomic mass is 10.1. The van der Waals surface area contributed by atoms with Gasteiger partial charge < -0.3 is 4.74 Å². The molecule has 17 heavy (non-hydrogen) atoms. The van der Waals surface area contributed by atoms with Crippen LogP contribution in [0.15, 0.2) is 10.7 Å². The molecule has 0 radical (unpaired) electrons. The van der Waals surface area contributed by atoms with E-state index in [4.69, 9.17) is 4.74 Å². The predicted molar refractivity (Wildman–Crippen MR) is 62.0 cm³/mol. The zero-order valence-corrected chi connectivity index (χ0v) is 11.1. The maximum absolute atomic E-state index is 12.9. The molecule has 0 fully saturated rings. The van der Waals surface area contributed by atoms with E-state index < -0.39 is 12.4 Å². The van der Waals surface area contributed by atoms with Gasteiger partial charge in [-0.3, -0.25) is 9.78 Å². The molecule has 1 rings (SSSR count). The number of hydrogen-bond donors (Lipinski definition) is 0. The summed E-state index contributed by atoms with van der Waals surface area (Å²) in [5, 5.41) is 0. The first kappa shape index (κ1) is 14.0. The molecule has 0 atom stereocenters. The summed E-state index contributed by atoms with van der Waals surface area (Å²) in [5.74, 6) is -0.558. The van der Waals surface area contributed by atoms with Crippen LogP contribution in [0.25, 0.3) is 0 Å². The average molecular weight is 308 g/mol. The molecule has 0 N–H and O–H groups in total. The minimum Gasteiger partial charge on any atom is -0.466 e. The Bertz CT molecular complexity index is 424. The van der Waals surface area contributed by atoms with Gasteiger partial charge in [-0.15, -0.1) is 0 Å². The number of esters is 1. The second-order valence-electron chi connectivity index (χ2n) is 3.40. The van der Waals surface area contributed by atoms with Crippen molar-refractivity contribution < 1.29 is 18.3 Å². The normalized spacial score (nSPS) is 10.7. The van der Waals surface area contributed by atoms with Crippen molar-refractivity contribution in [2.24, 2.45) is 0 Å². The second kappa shape index (κ2) is 6.05. The molecule has 0 aliphatic rings. The Kier molecular flexibility index (Phi) is 4.99. The number of rotatable bonds is 4. The SMILES string of the molecule is CCOC(=O)Cc1ncc(C)c(Br)c1C(F)F. The highest BCUT2D eigenvalue weighted by Gasteiger charge is 2.21. The van der Waals surface area contributed by atoms with Crippen LogP contribution in [0.5, 0.6) is 0 Å². The van der Waals surface area contributed by atoms with Gasteiger partial charge >= 0.3 is 5.97 Å². The number of aromatic nitrogens is 1. The van der Waals surface area contributed by atoms with Crippen molar-refractivity contribution in [2.45, 2.75) is 26.7 Å². The zero-order valence-electron chi connectivity index (χ0n) is 9.47. The van der Waals surface area contributed by atoms with Crippen LogP contribution in [-0.4, -0.2) is 17.6 Å². The molecule has 3 nitrogen and oxygen atoms in total. The molecule has 0 amide bonds. The van der Waals surface area contributed by atoms with Crippen LogP contribution >= 0.6 is 15.9 Å². The van der Waals surface area contributed by atoms with Crippen molar-refractivity contribution >= 4 is 21.9 Å². The minimum atomic E-state index is -2.68. The summed E-state index contributed by atoms with van der Waals surface area (Å²) in [5.41, 5.74) is 0.418. The van der Waals surface area contributed by atoms with E-state index in [1.807, 2.05) is 0 Å². The number of hydrogen-bond acceptors (Lipinski definition) is 3. The van der Waals surface area contributed by atoms with Gasteiger partial charge in [0.25, 0.3) is 6.43 Å². The summed E-state index contributed by atoms with van der Waals surface area (Å²) in [6.45, 7) is 3.54. The van der Waals surface area contributed by atoms with Crippen molar-refractivity contribution in [2.75, 3.05) is 6.61 Å². The number of carbonyl (C=O) groups is 1. The van der Waals surface area contributed by atoms with E-state index in [-0.39, 0.29) is 24.3 Å². The number of carbonyl (C=O) groups excluding carboxylic acids is 1. The number of nitrogens with zero attached hydrogens (tertiary/aromatic N) is 1. The third-order valence-corrected chi connectivity index (χ3v) is 3.20. The molecule has 0 saturated heterocycles. The van der Waals surface area contributed by atoms with Gasteiger partial charge in [0.2, 0.25) is 0 Å². The predicted octanol–water partition coefficient (Wildman–Crippen LogP) is 3.20. The average Bonchev–Trinajstić information content (AvgIpc) is 2.23. The van der Waals surface area contributed by atoms with Crippen LogP contribution in [0, 0.1) is 6.92 Å². The van der Waals surface area contributed by atoms with E-state index in [0.717, 1.165) is 0 Å². The van der Waals surface area contributed by atoms with Gasteiger partial charge in [0, 0.05) is 10.7 Å². The number of pyridine rings is 1. The van der Waals surface area contributed by atoms with E-state index in [1.165, 1.54) is 6.20 Å². The molecule has 94 valence electrons. The third kappa shape index (κ3) is 3.46. The summed E-state index contributed by atoms with van der Waals surface area (Å²) in [6.07, 6.45) is -1.47. The lowest BCUT2D eigenvalue weighted by Crippen LogP contribution is -2.12.